The number of nitrogen functional groups attached to an aromatic ring is 1. The monoisotopic (exact) mass is 360 g/mol. The molecule has 8 heteroatoms. The standard InChI is InChI=1S/C17H17FN4O2S/c1-23-14-6-4-3-5-12(14)16-20-21-17(22(16)19)25-10-11-7-8-15(24-2)13(18)9-11/h3-9H,10,19H2,1-2H3. The van der Waals surface area contributed by atoms with Crippen LogP contribution in [-0.2, 0) is 5.75 Å². The van der Waals surface area contributed by atoms with E-state index in [2.05, 4.69) is 10.2 Å². The van der Waals surface area contributed by atoms with Crippen LogP contribution in [0.5, 0.6) is 11.5 Å². The van der Waals surface area contributed by atoms with Crippen molar-refractivity contribution in [3.63, 3.8) is 0 Å². The molecule has 1 heterocycles. The quantitative estimate of drug-likeness (QED) is 0.538. The maximum atomic E-state index is 13.8. The highest BCUT2D eigenvalue weighted by molar-refractivity contribution is 7.98. The van der Waals surface area contributed by atoms with Crippen LogP contribution in [0.3, 0.4) is 0 Å². The van der Waals surface area contributed by atoms with E-state index in [1.54, 1.807) is 19.2 Å². The van der Waals surface area contributed by atoms with Crippen molar-refractivity contribution in [1.82, 2.24) is 14.9 Å². The van der Waals surface area contributed by atoms with E-state index in [4.69, 9.17) is 15.3 Å². The molecule has 2 aromatic carbocycles. The van der Waals surface area contributed by atoms with E-state index >= 15 is 0 Å². The van der Waals surface area contributed by atoms with E-state index in [0.717, 1.165) is 11.1 Å². The van der Waals surface area contributed by atoms with Gasteiger partial charge in [-0.3, -0.25) is 0 Å². The molecule has 3 aromatic rings. The number of rotatable bonds is 6. The second-order valence-electron chi connectivity index (χ2n) is 5.13. The summed E-state index contributed by atoms with van der Waals surface area (Å²) in [6.45, 7) is 0. The average Bonchev–Trinajstić information content (AvgIpc) is 3.00. The van der Waals surface area contributed by atoms with Crippen LogP contribution in [0.4, 0.5) is 4.39 Å². The van der Waals surface area contributed by atoms with E-state index < -0.39 is 5.82 Å². The number of para-hydroxylation sites is 1. The fraction of sp³-hybridized carbons (Fsp3) is 0.176. The maximum absolute atomic E-state index is 13.8. The maximum Gasteiger partial charge on any atom is 0.210 e. The molecule has 0 aliphatic heterocycles. The number of hydrogen-bond donors (Lipinski definition) is 1. The Kier molecular flexibility index (Phi) is 5.08. The van der Waals surface area contributed by atoms with Gasteiger partial charge in [0.25, 0.3) is 0 Å². The largest absolute Gasteiger partial charge is 0.496 e. The van der Waals surface area contributed by atoms with E-state index in [1.165, 1.54) is 29.6 Å². The van der Waals surface area contributed by atoms with Gasteiger partial charge >= 0.3 is 0 Å². The minimum absolute atomic E-state index is 0.217. The molecule has 0 saturated heterocycles. The Labute approximate surface area is 148 Å². The Morgan fingerprint density at radius 2 is 1.84 bits per heavy atom. The van der Waals surface area contributed by atoms with Crippen LogP contribution >= 0.6 is 11.8 Å². The Bertz CT molecular complexity index is 885. The molecule has 25 heavy (non-hydrogen) atoms. The number of ether oxygens (including phenoxy) is 2. The molecule has 0 bridgehead atoms. The molecule has 0 atom stereocenters. The summed E-state index contributed by atoms with van der Waals surface area (Å²) < 4.78 is 25.4. The van der Waals surface area contributed by atoms with Crippen molar-refractivity contribution in [2.45, 2.75) is 10.9 Å². The van der Waals surface area contributed by atoms with Crippen LogP contribution in [0.15, 0.2) is 47.6 Å². The third-order valence-electron chi connectivity index (χ3n) is 3.60. The van der Waals surface area contributed by atoms with Crippen molar-refractivity contribution < 1.29 is 13.9 Å². The lowest BCUT2D eigenvalue weighted by atomic mass is 10.2. The number of nitrogens with zero attached hydrogens (tertiary/aromatic N) is 3. The van der Waals surface area contributed by atoms with Crippen molar-refractivity contribution in [2.75, 3.05) is 20.1 Å². The summed E-state index contributed by atoms with van der Waals surface area (Å²) in [4.78, 5) is 0. The molecule has 1 aromatic heterocycles. The van der Waals surface area contributed by atoms with Crippen LogP contribution in [0, 0.1) is 5.82 Å². The molecule has 0 radical (unpaired) electrons. The fourth-order valence-electron chi connectivity index (χ4n) is 2.34. The van der Waals surface area contributed by atoms with Crippen LogP contribution in [-0.4, -0.2) is 29.1 Å². The third kappa shape index (κ3) is 3.53. The predicted molar refractivity (Wildman–Crippen MR) is 94.7 cm³/mol. The molecule has 3 rings (SSSR count). The third-order valence-corrected chi connectivity index (χ3v) is 4.61. The summed E-state index contributed by atoms with van der Waals surface area (Å²) in [6, 6.07) is 12.3. The summed E-state index contributed by atoms with van der Waals surface area (Å²) in [5.74, 6) is 7.60. The first kappa shape index (κ1) is 17.1. The van der Waals surface area contributed by atoms with E-state index in [-0.39, 0.29) is 5.75 Å². The molecule has 0 saturated carbocycles. The topological polar surface area (TPSA) is 75.2 Å². The lowest BCUT2D eigenvalue weighted by molar-refractivity contribution is 0.386. The fourth-order valence-corrected chi connectivity index (χ4v) is 3.14. The highest BCUT2D eigenvalue weighted by Crippen LogP contribution is 2.30. The Hall–Kier alpha value is -2.74. The minimum atomic E-state index is -0.399. The van der Waals surface area contributed by atoms with Crippen molar-refractivity contribution in [1.29, 1.82) is 0 Å². The Morgan fingerprint density at radius 1 is 1.08 bits per heavy atom. The van der Waals surface area contributed by atoms with Gasteiger partial charge in [-0.2, -0.15) is 0 Å². The van der Waals surface area contributed by atoms with Gasteiger partial charge in [-0.25, -0.2) is 9.07 Å². The Morgan fingerprint density at radius 3 is 2.56 bits per heavy atom. The molecule has 0 amide bonds. The van der Waals surface area contributed by atoms with Crippen molar-refractivity contribution in [2.24, 2.45) is 0 Å². The van der Waals surface area contributed by atoms with Crippen molar-refractivity contribution >= 4 is 11.8 Å². The zero-order valence-electron chi connectivity index (χ0n) is 13.8. The highest BCUT2D eigenvalue weighted by Gasteiger charge is 2.16. The number of nitrogens with two attached hydrogens (primary N) is 1. The summed E-state index contributed by atoms with van der Waals surface area (Å²) in [7, 11) is 3.02. The second kappa shape index (κ2) is 7.43. The summed E-state index contributed by atoms with van der Waals surface area (Å²) >= 11 is 1.37. The number of benzene rings is 2. The number of hydrogen-bond acceptors (Lipinski definition) is 6. The first-order valence-electron chi connectivity index (χ1n) is 7.43. The highest BCUT2D eigenvalue weighted by atomic mass is 32.2. The first-order valence-corrected chi connectivity index (χ1v) is 8.41. The lowest BCUT2D eigenvalue weighted by Crippen LogP contribution is -2.12. The average molecular weight is 360 g/mol. The molecule has 0 fully saturated rings. The van der Waals surface area contributed by atoms with Gasteiger partial charge in [-0.05, 0) is 29.8 Å². The van der Waals surface area contributed by atoms with E-state index in [1.807, 2.05) is 24.3 Å². The van der Waals surface area contributed by atoms with Gasteiger partial charge in [0.05, 0.1) is 19.8 Å². The van der Waals surface area contributed by atoms with Gasteiger partial charge in [-0.15, -0.1) is 10.2 Å². The van der Waals surface area contributed by atoms with Crippen LogP contribution in [0.2, 0.25) is 0 Å². The van der Waals surface area contributed by atoms with E-state index in [9.17, 15) is 4.39 Å². The zero-order valence-corrected chi connectivity index (χ0v) is 14.6. The molecule has 2 N–H and O–H groups in total. The predicted octanol–water partition coefficient (Wildman–Crippen LogP) is 3.11. The first-order chi connectivity index (χ1) is 12.1. The zero-order chi connectivity index (χ0) is 17.8. The smallest absolute Gasteiger partial charge is 0.210 e. The normalized spacial score (nSPS) is 10.7. The SMILES string of the molecule is COc1ccc(CSc2nnc(-c3ccccc3OC)n2N)cc1F. The number of methoxy groups -OCH3 is 2. The second-order valence-corrected chi connectivity index (χ2v) is 6.08. The van der Waals surface area contributed by atoms with Crippen LogP contribution < -0.4 is 15.3 Å². The van der Waals surface area contributed by atoms with Crippen LogP contribution in [0.1, 0.15) is 5.56 Å². The van der Waals surface area contributed by atoms with Gasteiger partial charge in [0.15, 0.2) is 17.4 Å². The summed E-state index contributed by atoms with van der Waals surface area (Å²) in [6.07, 6.45) is 0. The Balaban J connectivity index is 1.79. The summed E-state index contributed by atoms with van der Waals surface area (Å²) in [5.41, 5.74) is 1.55. The van der Waals surface area contributed by atoms with Crippen molar-refractivity contribution in [3.8, 4) is 22.9 Å². The minimum Gasteiger partial charge on any atom is -0.496 e. The number of thioether (sulfide) groups is 1. The summed E-state index contributed by atoms with van der Waals surface area (Å²) in [5, 5.41) is 8.79. The molecule has 6 nitrogen and oxygen atoms in total. The molecule has 0 unspecified atom stereocenters. The molecular formula is C17H17FN4O2S. The van der Waals surface area contributed by atoms with Gasteiger partial charge in [0.2, 0.25) is 5.16 Å². The van der Waals surface area contributed by atoms with Gasteiger partial charge < -0.3 is 15.3 Å². The molecular weight excluding hydrogens is 343 g/mol. The molecule has 0 aliphatic carbocycles. The number of halogens is 1. The van der Waals surface area contributed by atoms with Gasteiger partial charge in [0.1, 0.15) is 5.75 Å². The molecule has 130 valence electrons. The molecule has 0 spiro atoms. The van der Waals surface area contributed by atoms with Crippen LogP contribution in [0.25, 0.3) is 11.4 Å². The molecule has 0 aliphatic rings. The van der Waals surface area contributed by atoms with Crippen molar-refractivity contribution in [3.05, 3.63) is 53.8 Å². The van der Waals surface area contributed by atoms with Gasteiger partial charge in [0, 0.05) is 5.75 Å². The van der Waals surface area contributed by atoms with E-state index in [0.29, 0.717) is 22.5 Å². The lowest BCUT2D eigenvalue weighted by Gasteiger charge is -2.08. The number of aromatic nitrogens is 3. The van der Waals surface area contributed by atoms with Gasteiger partial charge in [-0.1, -0.05) is 30.0 Å².